The molecular formula is C18H22N2O3S. The summed E-state index contributed by atoms with van der Waals surface area (Å²) in [7, 11) is 0. The predicted octanol–water partition coefficient (Wildman–Crippen LogP) is 3.76. The Morgan fingerprint density at radius 2 is 2.12 bits per heavy atom. The third-order valence-electron chi connectivity index (χ3n) is 5.54. The first-order valence-electron chi connectivity index (χ1n) is 8.01. The SMILES string of the molecule is Cc1cccc(-c2csc(N3C[C@H](C)[C@@](C)(C(=O)O)[C@H]3C)n2)c1O. The lowest BCUT2D eigenvalue weighted by Gasteiger charge is -2.30. The number of rotatable bonds is 3. The van der Waals surface area contributed by atoms with Crippen molar-refractivity contribution in [2.75, 3.05) is 11.4 Å². The number of phenolic OH excluding ortho intramolecular Hbond substituents is 1. The van der Waals surface area contributed by atoms with Crippen LogP contribution in [0.2, 0.25) is 0 Å². The van der Waals surface area contributed by atoms with Crippen LogP contribution in [0.25, 0.3) is 11.3 Å². The fourth-order valence-electron chi connectivity index (χ4n) is 3.40. The lowest BCUT2D eigenvalue weighted by atomic mass is 9.76. The first kappa shape index (κ1) is 16.8. The molecule has 2 heterocycles. The Morgan fingerprint density at radius 3 is 2.75 bits per heavy atom. The predicted molar refractivity (Wildman–Crippen MR) is 95.7 cm³/mol. The van der Waals surface area contributed by atoms with Crippen LogP contribution in [0.15, 0.2) is 23.6 Å². The van der Waals surface area contributed by atoms with Crippen molar-refractivity contribution in [3.05, 3.63) is 29.1 Å². The van der Waals surface area contributed by atoms with Gasteiger partial charge in [-0.3, -0.25) is 4.79 Å². The van der Waals surface area contributed by atoms with Crippen molar-refractivity contribution in [1.29, 1.82) is 0 Å². The van der Waals surface area contributed by atoms with E-state index in [0.29, 0.717) is 12.1 Å². The highest BCUT2D eigenvalue weighted by Crippen LogP contribution is 2.45. The molecule has 1 aromatic carbocycles. The normalized spacial score (nSPS) is 26.8. The molecule has 2 N–H and O–H groups in total. The quantitative estimate of drug-likeness (QED) is 0.885. The van der Waals surface area contributed by atoms with Gasteiger partial charge in [-0.1, -0.05) is 19.1 Å². The first-order chi connectivity index (χ1) is 11.3. The number of carboxylic acids is 1. The molecule has 1 fully saturated rings. The van der Waals surface area contributed by atoms with E-state index >= 15 is 0 Å². The molecule has 128 valence electrons. The van der Waals surface area contributed by atoms with Gasteiger partial charge >= 0.3 is 5.97 Å². The Balaban J connectivity index is 1.95. The number of aliphatic carboxylic acids is 1. The molecule has 0 unspecified atom stereocenters. The van der Waals surface area contributed by atoms with Gasteiger partial charge in [-0.05, 0) is 38.3 Å². The molecule has 0 radical (unpaired) electrons. The van der Waals surface area contributed by atoms with Crippen LogP contribution >= 0.6 is 11.3 Å². The molecular weight excluding hydrogens is 324 g/mol. The lowest BCUT2D eigenvalue weighted by molar-refractivity contribution is -0.150. The van der Waals surface area contributed by atoms with Gasteiger partial charge in [-0.2, -0.15) is 0 Å². The minimum Gasteiger partial charge on any atom is -0.507 e. The van der Waals surface area contributed by atoms with E-state index in [2.05, 4.69) is 9.88 Å². The summed E-state index contributed by atoms with van der Waals surface area (Å²) in [5.74, 6) is -0.490. The summed E-state index contributed by atoms with van der Waals surface area (Å²) in [4.78, 5) is 18.5. The molecule has 1 saturated heterocycles. The van der Waals surface area contributed by atoms with E-state index in [-0.39, 0.29) is 17.7 Å². The topological polar surface area (TPSA) is 73.7 Å². The van der Waals surface area contributed by atoms with E-state index in [1.54, 1.807) is 0 Å². The van der Waals surface area contributed by atoms with Crippen molar-refractivity contribution < 1.29 is 15.0 Å². The van der Waals surface area contributed by atoms with Crippen LogP contribution in [0.5, 0.6) is 5.75 Å². The van der Waals surface area contributed by atoms with Crippen LogP contribution in [0.1, 0.15) is 26.3 Å². The third-order valence-corrected chi connectivity index (χ3v) is 6.42. The number of nitrogens with zero attached hydrogens (tertiary/aromatic N) is 2. The Bertz CT molecular complexity index is 788. The molecule has 1 aliphatic rings. The zero-order valence-electron chi connectivity index (χ0n) is 14.3. The third kappa shape index (κ3) is 2.36. The number of carboxylic acid groups (broad SMARTS) is 1. The number of hydrogen-bond donors (Lipinski definition) is 2. The second-order valence-electron chi connectivity index (χ2n) is 6.80. The molecule has 0 amide bonds. The van der Waals surface area contributed by atoms with Crippen LogP contribution in [0.4, 0.5) is 5.13 Å². The van der Waals surface area contributed by atoms with E-state index < -0.39 is 11.4 Å². The van der Waals surface area contributed by atoms with E-state index in [9.17, 15) is 15.0 Å². The van der Waals surface area contributed by atoms with Crippen molar-refractivity contribution in [1.82, 2.24) is 4.98 Å². The Morgan fingerprint density at radius 1 is 1.42 bits per heavy atom. The fraction of sp³-hybridized carbons (Fsp3) is 0.444. The Labute approximate surface area is 145 Å². The van der Waals surface area contributed by atoms with Gasteiger partial charge in [-0.25, -0.2) is 4.98 Å². The molecule has 24 heavy (non-hydrogen) atoms. The molecule has 0 spiro atoms. The minimum atomic E-state index is -0.794. The van der Waals surface area contributed by atoms with Gasteiger partial charge in [0, 0.05) is 23.5 Å². The van der Waals surface area contributed by atoms with E-state index in [1.165, 1.54) is 11.3 Å². The largest absolute Gasteiger partial charge is 0.507 e. The van der Waals surface area contributed by atoms with E-state index in [1.807, 2.05) is 51.3 Å². The molecule has 0 aliphatic carbocycles. The highest BCUT2D eigenvalue weighted by atomic mass is 32.1. The number of thiazole rings is 1. The van der Waals surface area contributed by atoms with Crippen molar-refractivity contribution in [3.63, 3.8) is 0 Å². The van der Waals surface area contributed by atoms with Gasteiger partial charge in [0.1, 0.15) is 5.75 Å². The van der Waals surface area contributed by atoms with Gasteiger partial charge in [0.05, 0.1) is 11.1 Å². The summed E-state index contributed by atoms with van der Waals surface area (Å²) in [6.45, 7) is 8.26. The molecule has 1 aromatic heterocycles. The number of aromatic nitrogens is 1. The number of aromatic hydroxyl groups is 1. The van der Waals surface area contributed by atoms with Crippen LogP contribution in [-0.2, 0) is 4.79 Å². The molecule has 0 bridgehead atoms. The van der Waals surface area contributed by atoms with Gasteiger partial charge in [0.25, 0.3) is 0 Å². The van der Waals surface area contributed by atoms with Crippen LogP contribution in [-0.4, -0.2) is 33.8 Å². The van der Waals surface area contributed by atoms with Gasteiger partial charge in [0.2, 0.25) is 0 Å². The summed E-state index contributed by atoms with van der Waals surface area (Å²) >= 11 is 1.49. The zero-order valence-corrected chi connectivity index (χ0v) is 15.1. The number of aryl methyl sites for hydroxylation is 1. The van der Waals surface area contributed by atoms with Crippen molar-refractivity contribution in [2.45, 2.75) is 33.7 Å². The smallest absolute Gasteiger partial charge is 0.311 e. The van der Waals surface area contributed by atoms with E-state index in [0.717, 1.165) is 16.4 Å². The number of benzene rings is 1. The zero-order chi connectivity index (χ0) is 17.6. The maximum atomic E-state index is 11.8. The number of para-hydroxylation sites is 1. The number of anilines is 1. The Hall–Kier alpha value is -2.08. The number of phenols is 1. The van der Waals surface area contributed by atoms with Crippen LogP contribution < -0.4 is 4.90 Å². The number of carbonyl (C=O) groups is 1. The summed E-state index contributed by atoms with van der Waals surface area (Å²) in [5.41, 5.74) is 1.44. The summed E-state index contributed by atoms with van der Waals surface area (Å²) in [5, 5.41) is 22.6. The maximum absolute atomic E-state index is 11.8. The summed E-state index contributed by atoms with van der Waals surface area (Å²) < 4.78 is 0. The maximum Gasteiger partial charge on any atom is 0.311 e. The Kier molecular flexibility index (Phi) is 4.03. The molecule has 5 nitrogen and oxygen atoms in total. The van der Waals surface area contributed by atoms with Crippen LogP contribution in [0, 0.1) is 18.3 Å². The summed E-state index contributed by atoms with van der Waals surface area (Å²) in [6.07, 6.45) is 0. The molecule has 3 atom stereocenters. The highest BCUT2D eigenvalue weighted by Gasteiger charge is 2.52. The summed E-state index contributed by atoms with van der Waals surface area (Å²) in [6, 6.07) is 5.45. The second kappa shape index (κ2) is 5.77. The van der Waals surface area contributed by atoms with Crippen LogP contribution in [0.3, 0.4) is 0 Å². The van der Waals surface area contributed by atoms with Crippen molar-refractivity contribution in [2.24, 2.45) is 11.3 Å². The fourth-order valence-corrected chi connectivity index (χ4v) is 4.31. The number of hydrogen-bond acceptors (Lipinski definition) is 5. The second-order valence-corrected chi connectivity index (χ2v) is 7.64. The molecule has 6 heteroatoms. The van der Waals surface area contributed by atoms with Crippen molar-refractivity contribution in [3.8, 4) is 17.0 Å². The van der Waals surface area contributed by atoms with Gasteiger partial charge in [0.15, 0.2) is 5.13 Å². The van der Waals surface area contributed by atoms with E-state index in [4.69, 9.17) is 0 Å². The lowest BCUT2D eigenvalue weighted by Crippen LogP contribution is -2.42. The molecule has 3 rings (SSSR count). The molecule has 1 aliphatic heterocycles. The van der Waals surface area contributed by atoms with Crippen molar-refractivity contribution >= 4 is 22.4 Å². The molecule has 2 aromatic rings. The molecule has 0 saturated carbocycles. The highest BCUT2D eigenvalue weighted by molar-refractivity contribution is 7.14. The average molecular weight is 346 g/mol. The van der Waals surface area contributed by atoms with Gasteiger partial charge in [-0.15, -0.1) is 11.3 Å². The van der Waals surface area contributed by atoms with Gasteiger partial charge < -0.3 is 15.1 Å². The first-order valence-corrected chi connectivity index (χ1v) is 8.89. The standard InChI is InChI=1S/C18H22N2O3S/c1-10-6-5-7-13(15(10)21)14-9-24-17(19-14)20-8-11(2)18(4,12(20)3)16(22)23/h5-7,9,11-12,21H,8H2,1-4H3,(H,22,23)/t11-,12+,18+/m0/s1. The minimum absolute atomic E-state index is 0.0322. The average Bonchev–Trinajstić information content (AvgIpc) is 3.10. The monoisotopic (exact) mass is 346 g/mol.